The first-order chi connectivity index (χ1) is 15.0. The van der Waals surface area contributed by atoms with Crippen molar-refractivity contribution in [1.29, 1.82) is 0 Å². The van der Waals surface area contributed by atoms with E-state index in [9.17, 15) is 19.7 Å². The van der Waals surface area contributed by atoms with Crippen LogP contribution in [0.5, 0.6) is 0 Å². The zero-order valence-electron chi connectivity index (χ0n) is 17.1. The number of benzene rings is 2. The number of nitro groups is 1. The van der Waals surface area contributed by atoms with Crippen molar-refractivity contribution in [3.8, 4) is 0 Å². The second kappa shape index (κ2) is 8.47. The second-order valence-corrected chi connectivity index (χ2v) is 7.62. The number of amides is 2. The molecule has 160 valence electrons. The van der Waals surface area contributed by atoms with Gasteiger partial charge in [-0.2, -0.15) is 0 Å². The summed E-state index contributed by atoms with van der Waals surface area (Å²) >= 11 is 0. The fourth-order valence-corrected chi connectivity index (χ4v) is 4.08. The lowest BCUT2D eigenvalue weighted by Gasteiger charge is -2.32. The van der Waals surface area contributed by atoms with E-state index in [4.69, 9.17) is 0 Å². The Morgan fingerprint density at radius 2 is 1.71 bits per heavy atom. The van der Waals surface area contributed by atoms with Crippen LogP contribution in [0.2, 0.25) is 0 Å². The molecule has 9 nitrogen and oxygen atoms in total. The summed E-state index contributed by atoms with van der Waals surface area (Å²) in [5.41, 5.74) is 7.10. The number of rotatable bonds is 4. The van der Waals surface area contributed by atoms with Crippen LogP contribution in [0, 0.1) is 16.0 Å². The number of nitrogens with zero attached hydrogens (tertiary/aromatic N) is 3. The first-order valence-electron chi connectivity index (χ1n) is 10.1. The highest BCUT2D eigenvalue weighted by Crippen LogP contribution is 2.31. The number of hydrogen-bond acceptors (Lipinski definition) is 5. The lowest BCUT2D eigenvalue weighted by molar-refractivity contribution is -0.384. The van der Waals surface area contributed by atoms with Crippen molar-refractivity contribution in [3.63, 3.8) is 0 Å². The minimum Gasteiger partial charge on any atom is -0.366 e. The van der Waals surface area contributed by atoms with Crippen LogP contribution in [-0.2, 0) is 11.8 Å². The third-order valence-electron chi connectivity index (χ3n) is 5.73. The molecular formula is C22H23N5O4. The van der Waals surface area contributed by atoms with Crippen molar-refractivity contribution in [2.24, 2.45) is 13.0 Å². The molecule has 0 spiro atoms. The molecule has 31 heavy (non-hydrogen) atoms. The normalized spacial score (nSPS) is 14.4. The number of hydrogen-bond donors (Lipinski definition) is 2. The Bertz CT molecular complexity index is 1150. The zero-order valence-corrected chi connectivity index (χ0v) is 17.1. The topological polar surface area (TPSA) is 110 Å². The van der Waals surface area contributed by atoms with Crippen LogP contribution in [0.3, 0.4) is 0 Å². The molecule has 2 amide bonds. The van der Waals surface area contributed by atoms with E-state index < -0.39 is 4.92 Å². The van der Waals surface area contributed by atoms with Gasteiger partial charge in [-0.1, -0.05) is 30.3 Å². The number of nitrogens with one attached hydrogen (secondary N) is 2. The fraction of sp³-hybridized carbons (Fsp3) is 0.273. The summed E-state index contributed by atoms with van der Waals surface area (Å²) in [6.45, 7) is 1.06. The third kappa shape index (κ3) is 4.07. The summed E-state index contributed by atoms with van der Waals surface area (Å²) in [6, 6.07) is 14.2. The van der Waals surface area contributed by atoms with Crippen molar-refractivity contribution in [1.82, 2.24) is 15.4 Å². The van der Waals surface area contributed by atoms with Crippen molar-refractivity contribution >= 4 is 34.1 Å². The Kier molecular flexibility index (Phi) is 5.57. The molecular weight excluding hydrogens is 398 g/mol. The van der Waals surface area contributed by atoms with Gasteiger partial charge in [0.25, 0.3) is 11.6 Å². The van der Waals surface area contributed by atoms with Crippen molar-refractivity contribution in [3.05, 3.63) is 70.4 Å². The maximum absolute atomic E-state index is 12.6. The van der Waals surface area contributed by atoms with E-state index >= 15 is 0 Å². The average Bonchev–Trinajstić information content (AvgIpc) is 3.14. The molecule has 0 aliphatic carbocycles. The van der Waals surface area contributed by atoms with Gasteiger partial charge in [-0.25, -0.2) is 0 Å². The molecule has 2 heterocycles. The van der Waals surface area contributed by atoms with E-state index in [1.165, 1.54) is 6.07 Å². The van der Waals surface area contributed by atoms with Crippen molar-refractivity contribution in [2.45, 2.75) is 12.8 Å². The van der Waals surface area contributed by atoms with Gasteiger partial charge in [0.2, 0.25) is 5.91 Å². The van der Waals surface area contributed by atoms with Crippen LogP contribution in [0.15, 0.2) is 54.7 Å². The minimum absolute atomic E-state index is 0.0627. The first kappa shape index (κ1) is 20.4. The number of para-hydroxylation sites is 3. The number of carbonyl (C=O) groups excluding carboxylic acids is 2. The number of piperidine rings is 1. The monoisotopic (exact) mass is 421 g/mol. The van der Waals surface area contributed by atoms with Gasteiger partial charge < -0.3 is 9.47 Å². The first-order valence-corrected chi connectivity index (χ1v) is 10.1. The standard InChI is InChI=1S/C22H23N5O4/c1-25-14-17(16-6-2-3-7-18(16)25)22(29)24-23-21(28)15-10-12-26(13-11-15)19-8-4-5-9-20(19)27(30)31/h2-9,14-15H,10-13H2,1H3,(H,23,28)(H,24,29). The highest BCUT2D eigenvalue weighted by atomic mass is 16.6. The Balaban J connectivity index is 1.34. The van der Waals surface area contributed by atoms with Gasteiger partial charge in [-0.05, 0) is 25.0 Å². The largest absolute Gasteiger partial charge is 0.366 e. The van der Waals surface area contributed by atoms with Gasteiger partial charge in [0, 0.05) is 49.2 Å². The van der Waals surface area contributed by atoms with E-state index in [1.54, 1.807) is 24.4 Å². The van der Waals surface area contributed by atoms with Crippen LogP contribution in [-0.4, -0.2) is 34.4 Å². The summed E-state index contributed by atoms with van der Waals surface area (Å²) in [4.78, 5) is 37.9. The summed E-state index contributed by atoms with van der Waals surface area (Å²) in [5.74, 6) is -0.898. The Hall–Kier alpha value is -3.88. The van der Waals surface area contributed by atoms with Gasteiger partial charge in [0.1, 0.15) is 5.69 Å². The van der Waals surface area contributed by atoms with Crippen LogP contribution < -0.4 is 15.8 Å². The number of aryl methyl sites for hydroxylation is 1. The van der Waals surface area contributed by atoms with Crippen molar-refractivity contribution < 1.29 is 14.5 Å². The fourth-order valence-electron chi connectivity index (χ4n) is 4.08. The predicted octanol–water partition coefficient (Wildman–Crippen LogP) is 2.76. The molecule has 0 bridgehead atoms. The Morgan fingerprint density at radius 3 is 2.45 bits per heavy atom. The van der Waals surface area contributed by atoms with Crippen LogP contribution in [0.4, 0.5) is 11.4 Å². The molecule has 1 aromatic heterocycles. The van der Waals surface area contributed by atoms with E-state index in [2.05, 4.69) is 10.9 Å². The van der Waals surface area contributed by atoms with Gasteiger partial charge >= 0.3 is 0 Å². The maximum atomic E-state index is 12.6. The number of nitro benzene ring substituents is 1. The van der Waals surface area contributed by atoms with Crippen LogP contribution in [0.25, 0.3) is 10.9 Å². The molecule has 0 atom stereocenters. The molecule has 1 aliphatic heterocycles. The summed E-state index contributed by atoms with van der Waals surface area (Å²) in [7, 11) is 1.86. The molecule has 0 saturated carbocycles. The minimum atomic E-state index is -0.392. The molecule has 0 radical (unpaired) electrons. The zero-order chi connectivity index (χ0) is 22.0. The maximum Gasteiger partial charge on any atom is 0.292 e. The summed E-state index contributed by atoms with van der Waals surface area (Å²) < 4.78 is 1.87. The van der Waals surface area contributed by atoms with E-state index in [0.717, 1.165) is 10.9 Å². The smallest absolute Gasteiger partial charge is 0.292 e. The van der Waals surface area contributed by atoms with Crippen LogP contribution >= 0.6 is 0 Å². The van der Waals surface area contributed by atoms with Gasteiger partial charge in [0.15, 0.2) is 0 Å². The van der Waals surface area contributed by atoms with Crippen molar-refractivity contribution in [2.75, 3.05) is 18.0 Å². The lowest BCUT2D eigenvalue weighted by Crippen LogP contribution is -2.47. The van der Waals surface area contributed by atoms with E-state index in [1.807, 2.05) is 40.8 Å². The molecule has 2 aromatic carbocycles. The summed E-state index contributed by atoms with van der Waals surface area (Å²) in [5, 5.41) is 12.1. The second-order valence-electron chi connectivity index (χ2n) is 7.62. The Morgan fingerprint density at radius 1 is 1.03 bits per heavy atom. The number of carbonyl (C=O) groups is 2. The molecule has 9 heteroatoms. The molecule has 1 fully saturated rings. The predicted molar refractivity (Wildman–Crippen MR) is 117 cm³/mol. The molecule has 2 N–H and O–H groups in total. The van der Waals surface area contributed by atoms with Gasteiger partial charge in [0.05, 0.1) is 10.5 Å². The highest BCUT2D eigenvalue weighted by Gasteiger charge is 2.28. The number of hydrazine groups is 1. The quantitative estimate of drug-likeness (QED) is 0.497. The number of anilines is 1. The van der Waals surface area contributed by atoms with Gasteiger partial charge in [-0.3, -0.25) is 30.6 Å². The van der Waals surface area contributed by atoms with E-state index in [0.29, 0.717) is 37.2 Å². The molecule has 0 unspecified atom stereocenters. The summed E-state index contributed by atoms with van der Waals surface area (Å²) in [6.07, 6.45) is 2.82. The van der Waals surface area contributed by atoms with Gasteiger partial charge in [-0.15, -0.1) is 0 Å². The molecule has 3 aromatic rings. The molecule has 1 saturated heterocycles. The number of aromatic nitrogens is 1. The number of fused-ring (bicyclic) bond motifs is 1. The average molecular weight is 421 g/mol. The molecule has 1 aliphatic rings. The lowest BCUT2D eigenvalue weighted by atomic mass is 9.95. The van der Waals surface area contributed by atoms with Crippen LogP contribution in [0.1, 0.15) is 23.2 Å². The molecule has 4 rings (SSSR count). The third-order valence-corrected chi connectivity index (χ3v) is 5.73. The van der Waals surface area contributed by atoms with E-state index in [-0.39, 0.29) is 23.4 Å². The highest BCUT2D eigenvalue weighted by molar-refractivity contribution is 6.07. The SMILES string of the molecule is Cn1cc(C(=O)NNC(=O)C2CCN(c3ccccc3[N+](=O)[O-])CC2)c2ccccc21. The Labute approximate surface area is 178 Å².